The lowest BCUT2D eigenvalue weighted by atomic mass is 9.97. The van der Waals surface area contributed by atoms with Gasteiger partial charge in [-0.2, -0.15) is 0 Å². The van der Waals surface area contributed by atoms with Crippen LogP contribution in [0.15, 0.2) is 18.2 Å². The first kappa shape index (κ1) is 16.3. The van der Waals surface area contributed by atoms with E-state index in [-0.39, 0.29) is 0 Å². The van der Waals surface area contributed by atoms with Crippen LogP contribution in [0.1, 0.15) is 44.2 Å². The number of rotatable bonds is 5. The highest BCUT2D eigenvalue weighted by Gasteiger charge is 2.30. The van der Waals surface area contributed by atoms with Crippen LogP contribution in [0.25, 0.3) is 0 Å². The first-order chi connectivity index (χ1) is 9.99. The molecule has 3 heteroatoms. The molecule has 2 rings (SSSR count). The summed E-state index contributed by atoms with van der Waals surface area (Å²) in [6.45, 7) is 9.86. The molecule has 1 saturated heterocycles. The van der Waals surface area contributed by atoms with Crippen molar-refractivity contribution in [2.45, 2.75) is 65.1 Å². The second kappa shape index (κ2) is 7.28. The van der Waals surface area contributed by atoms with Crippen molar-refractivity contribution in [1.29, 1.82) is 0 Å². The summed E-state index contributed by atoms with van der Waals surface area (Å²) in [5, 5.41) is 10.3. The second-order valence-corrected chi connectivity index (χ2v) is 6.70. The number of hydrogen-bond acceptors (Lipinski definition) is 2. The molecule has 0 amide bonds. The molecule has 1 aromatic carbocycles. The highest BCUT2D eigenvalue weighted by molar-refractivity contribution is 5.39. The number of para-hydroxylation sites is 1. The van der Waals surface area contributed by atoms with Gasteiger partial charge in [-0.25, -0.2) is 0 Å². The minimum Gasteiger partial charge on any atom is -0.490 e. The first-order valence-corrected chi connectivity index (χ1v) is 8.21. The van der Waals surface area contributed by atoms with Crippen molar-refractivity contribution in [3.05, 3.63) is 29.3 Å². The van der Waals surface area contributed by atoms with Crippen LogP contribution < -0.4 is 9.64 Å². The van der Waals surface area contributed by atoms with Gasteiger partial charge in [0.2, 0.25) is 0 Å². The highest BCUT2D eigenvalue weighted by atomic mass is 16.5. The summed E-state index contributed by atoms with van der Waals surface area (Å²) in [4.78, 5) is 1.53. The maximum Gasteiger partial charge on any atom is 0.137 e. The largest absolute Gasteiger partial charge is 0.490 e. The number of quaternary nitrogens is 1. The van der Waals surface area contributed by atoms with Crippen LogP contribution in [-0.4, -0.2) is 36.4 Å². The summed E-state index contributed by atoms with van der Waals surface area (Å²) in [5.41, 5.74) is 2.27. The van der Waals surface area contributed by atoms with Gasteiger partial charge in [0, 0.05) is 0 Å². The van der Waals surface area contributed by atoms with E-state index in [2.05, 4.69) is 39.8 Å². The monoisotopic (exact) mass is 292 g/mol. The van der Waals surface area contributed by atoms with Gasteiger partial charge >= 0.3 is 0 Å². The third-order valence-electron chi connectivity index (χ3n) is 4.84. The van der Waals surface area contributed by atoms with Crippen molar-refractivity contribution < 1.29 is 14.7 Å². The lowest BCUT2D eigenvalue weighted by Gasteiger charge is -2.36. The molecule has 1 heterocycles. The van der Waals surface area contributed by atoms with E-state index in [1.165, 1.54) is 24.2 Å². The number of ether oxygens (including phenoxy) is 1. The fourth-order valence-electron chi connectivity index (χ4n) is 3.53. The van der Waals surface area contributed by atoms with E-state index in [1.807, 2.05) is 6.07 Å². The number of benzene rings is 1. The first-order valence-electron chi connectivity index (χ1n) is 8.21. The Morgan fingerprint density at radius 3 is 2.33 bits per heavy atom. The Kier molecular flexibility index (Phi) is 5.65. The lowest BCUT2D eigenvalue weighted by Crippen LogP contribution is -3.20. The molecule has 2 N–H and O–H groups in total. The molecule has 118 valence electrons. The molecular weight excluding hydrogens is 262 g/mol. The molecule has 1 aliphatic rings. The Labute approximate surface area is 128 Å². The van der Waals surface area contributed by atoms with Crippen LogP contribution in [0, 0.1) is 13.8 Å². The zero-order valence-corrected chi connectivity index (χ0v) is 13.9. The SMILES string of the molecule is Cc1cccc(C)c1OC[C@@H](O)C[NH+]1[C@@H](C)CCC[C@@H]1C. The molecule has 0 aromatic heterocycles. The van der Waals surface area contributed by atoms with Crippen molar-refractivity contribution in [2.24, 2.45) is 0 Å². The van der Waals surface area contributed by atoms with Crippen LogP contribution in [0.4, 0.5) is 0 Å². The molecule has 1 aromatic rings. The van der Waals surface area contributed by atoms with Gasteiger partial charge in [-0.3, -0.25) is 0 Å². The van der Waals surface area contributed by atoms with E-state index in [0.29, 0.717) is 18.7 Å². The zero-order chi connectivity index (χ0) is 15.4. The minimum absolute atomic E-state index is 0.384. The fourth-order valence-corrected chi connectivity index (χ4v) is 3.53. The van der Waals surface area contributed by atoms with E-state index < -0.39 is 6.10 Å². The highest BCUT2D eigenvalue weighted by Crippen LogP contribution is 2.22. The standard InChI is InChI=1S/C18H29NO2/c1-13-7-5-8-14(2)18(13)21-12-17(20)11-19-15(3)9-6-10-16(19)4/h5,7-8,15-17,20H,6,9-12H2,1-4H3/p+1/t15-,16-,17-/m0/s1. The minimum atomic E-state index is -0.401. The molecule has 1 fully saturated rings. The summed E-state index contributed by atoms with van der Waals surface area (Å²) in [5.74, 6) is 0.922. The quantitative estimate of drug-likeness (QED) is 0.869. The summed E-state index contributed by atoms with van der Waals surface area (Å²) >= 11 is 0. The molecular formula is C18H30NO2+. The number of nitrogens with one attached hydrogen (secondary N) is 1. The predicted octanol–water partition coefficient (Wildman–Crippen LogP) is 1.89. The van der Waals surface area contributed by atoms with Crippen LogP contribution in [0.5, 0.6) is 5.75 Å². The summed E-state index contributed by atoms with van der Waals surface area (Å²) in [7, 11) is 0. The molecule has 0 aliphatic carbocycles. The average Bonchev–Trinajstić information content (AvgIpc) is 2.42. The van der Waals surface area contributed by atoms with E-state index >= 15 is 0 Å². The third-order valence-corrected chi connectivity index (χ3v) is 4.84. The van der Waals surface area contributed by atoms with Gasteiger partial charge < -0.3 is 14.7 Å². The molecule has 3 atom stereocenters. The van der Waals surface area contributed by atoms with E-state index in [0.717, 1.165) is 23.4 Å². The maximum absolute atomic E-state index is 10.3. The molecule has 0 saturated carbocycles. The number of likely N-dealkylation sites (tertiary alicyclic amines) is 1. The smallest absolute Gasteiger partial charge is 0.137 e. The molecule has 3 nitrogen and oxygen atoms in total. The van der Waals surface area contributed by atoms with Crippen molar-refractivity contribution in [3.63, 3.8) is 0 Å². The fraction of sp³-hybridized carbons (Fsp3) is 0.667. The van der Waals surface area contributed by atoms with Crippen LogP contribution >= 0.6 is 0 Å². The van der Waals surface area contributed by atoms with E-state index in [9.17, 15) is 5.11 Å². The van der Waals surface area contributed by atoms with Gasteiger partial charge in [-0.15, -0.1) is 0 Å². The van der Waals surface area contributed by atoms with E-state index in [4.69, 9.17) is 4.74 Å². The lowest BCUT2D eigenvalue weighted by molar-refractivity contribution is -0.954. The normalized spacial score (nSPS) is 24.8. The van der Waals surface area contributed by atoms with Crippen LogP contribution in [0.3, 0.4) is 0 Å². The predicted molar refractivity (Wildman–Crippen MR) is 86.0 cm³/mol. The van der Waals surface area contributed by atoms with Gasteiger partial charge in [0.1, 0.15) is 25.0 Å². The van der Waals surface area contributed by atoms with E-state index in [1.54, 1.807) is 0 Å². The van der Waals surface area contributed by atoms with Crippen molar-refractivity contribution in [1.82, 2.24) is 0 Å². The molecule has 21 heavy (non-hydrogen) atoms. The van der Waals surface area contributed by atoms with Gasteiger partial charge in [0.25, 0.3) is 0 Å². The maximum atomic E-state index is 10.3. The number of aryl methyl sites for hydroxylation is 2. The summed E-state index contributed by atoms with van der Waals surface area (Å²) in [6, 6.07) is 7.42. The Hall–Kier alpha value is -1.06. The van der Waals surface area contributed by atoms with Gasteiger partial charge in [-0.05, 0) is 58.1 Å². The molecule has 0 unspecified atom stereocenters. The number of hydrogen-bond donors (Lipinski definition) is 2. The molecule has 0 spiro atoms. The third kappa shape index (κ3) is 4.21. The Balaban J connectivity index is 1.88. The number of aliphatic hydroxyl groups is 1. The Morgan fingerprint density at radius 2 is 1.76 bits per heavy atom. The van der Waals surface area contributed by atoms with Crippen LogP contribution in [0.2, 0.25) is 0 Å². The Bertz CT molecular complexity index is 430. The van der Waals surface area contributed by atoms with Gasteiger partial charge in [0.05, 0.1) is 12.1 Å². The second-order valence-electron chi connectivity index (χ2n) is 6.70. The molecule has 0 bridgehead atoms. The molecule has 1 aliphatic heterocycles. The number of aliphatic hydroxyl groups excluding tert-OH is 1. The Morgan fingerprint density at radius 1 is 1.19 bits per heavy atom. The zero-order valence-electron chi connectivity index (χ0n) is 13.9. The topological polar surface area (TPSA) is 33.9 Å². The van der Waals surface area contributed by atoms with Crippen molar-refractivity contribution in [2.75, 3.05) is 13.2 Å². The summed E-state index contributed by atoms with van der Waals surface area (Å²) in [6.07, 6.45) is 3.46. The van der Waals surface area contributed by atoms with Gasteiger partial charge in [0.15, 0.2) is 0 Å². The van der Waals surface area contributed by atoms with Crippen LogP contribution in [-0.2, 0) is 0 Å². The van der Waals surface area contributed by atoms with Crippen molar-refractivity contribution in [3.8, 4) is 5.75 Å². The number of piperidine rings is 1. The molecule has 0 radical (unpaired) electrons. The van der Waals surface area contributed by atoms with Gasteiger partial charge in [-0.1, -0.05) is 18.2 Å². The average molecular weight is 292 g/mol. The van der Waals surface area contributed by atoms with Crippen molar-refractivity contribution >= 4 is 0 Å². The summed E-state index contributed by atoms with van der Waals surface area (Å²) < 4.78 is 5.88.